The van der Waals surface area contributed by atoms with Crippen LogP contribution in [0.2, 0.25) is 0 Å². The Morgan fingerprint density at radius 3 is 1.84 bits per heavy atom. The van der Waals surface area contributed by atoms with E-state index in [0.717, 1.165) is 52.6 Å². The average Bonchev–Trinajstić information content (AvgIpc) is 4.01. The Labute approximate surface area is 396 Å². The van der Waals surface area contributed by atoms with Gasteiger partial charge < -0.3 is 36.8 Å². The Bertz CT molecular complexity index is 2880. The van der Waals surface area contributed by atoms with E-state index in [-0.39, 0.29) is 65.9 Å². The predicted molar refractivity (Wildman–Crippen MR) is 256 cm³/mol. The highest BCUT2D eigenvalue weighted by molar-refractivity contribution is 6.09. The monoisotopic (exact) mass is 933 g/mol. The molecule has 21 heteroatoms. The van der Waals surface area contributed by atoms with E-state index in [1.165, 1.54) is 28.0 Å². The van der Waals surface area contributed by atoms with Crippen molar-refractivity contribution >= 4 is 47.2 Å². The minimum Gasteiger partial charge on any atom is -0.578 e. The summed E-state index contributed by atoms with van der Waals surface area (Å²) < 4.78 is 8.21. The highest BCUT2D eigenvalue weighted by Gasteiger charge is 2.49. The van der Waals surface area contributed by atoms with Crippen molar-refractivity contribution in [3.63, 3.8) is 0 Å². The number of amidine groups is 2. The van der Waals surface area contributed by atoms with E-state index in [2.05, 4.69) is 45.8 Å². The zero-order chi connectivity index (χ0) is 48.1. The summed E-state index contributed by atoms with van der Waals surface area (Å²) in [6, 6.07) is 15.6. The number of nitrogens with one attached hydrogen (secondary N) is 4. The second-order valence-corrected chi connectivity index (χ2v) is 17.7. The van der Waals surface area contributed by atoms with Crippen molar-refractivity contribution in [3.05, 3.63) is 120 Å². The zero-order valence-corrected chi connectivity index (χ0v) is 37.8. The summed E-state index contributed by atoms with van der Waals surface area (Å²) in [6.45, 7) is 2.26. The molecule has 0 atom stereocenters. The van der Waals surface area contributed by atoms with Gasteiger partial charge in [0.15, 0.2) is 0 Å². The van der Waals surface area contributed by atoms with E-state index in [9.17, 15) is 19.8 Å². The van der Waals surface area contributed by atoms with Crippen molar-refractivity contribution < 1.29 is 24.2 Å². The summed E-state index contributed by atoms with van der Waals surface area (Å²) in [6.07, 6.45) is 16.7. The first kappa shape index (κ1) is 45.9. The van der Waals surface area contributed by atoms with Crippen LogP contribution in [0, 0.1) is 16.7 Å². The van der Waals surface area contributed by atoms with Gasteiger partial charge in [0.25, 0.3) is 5.91 Å². The van der Waals surface area contributed by atoms with Gasteiger partial charge in [-0.3, -0.25) is 34.6 Å². The number of hydrogen-bond donors (Lipinski definition) is 6. The van der Waals surface area contributed by atoms with Crippen LogP contribution in [0.15, 0.2) is 103 Å². The molecule has 69 heavy (non-hydrogen) atoms. The molecule has 21 nitrogen and oxygen atoms in total. The van der Waals surface area contributed by atoms with E-state index in [0.29, 0.717) is 57.7 Å². The Balaban J connectivity index is 0.795. The molecule has 0 bridgehead atoms. The number of ether oxygens (including phenoxy) is 1. The summed E-state index contributed by atoms with van der Waals surface area (Å²) in [5, 5.41) is 41.3. The molecule has 2 aliphatic carbocycles. The third-order valence-electron chi connectivity index (χ3n) is 13.4. The van der Waals surface area contributed by atoms with Crippen molar-refractivity contribution in [3.8, 4) is 22.3 Å². The van der Waals surface area contributed by atoms with E-state index in [1.54, 1.807) is 35.9 Å². The number of nitrogens with zero attached hydrogens (tertiary/aromatic N) is 10. The van der Waals surface area contributed by atoms with Crippen molar-refractivity contribution in [2.45, 2.75) is 62.4 Å². The van der Waals surface area contributed by atoms with Gasteiger partial charge in [-0.1, -0.05) is 55.0 Å². The fraction of sp³-hybridized carbons (Fsp3) is 0.333. The molecule has 1 saturated heterocycles. The van der Waals surface area contributed by atoms with E-state index in [4.69, 9.17) is 26.7 Å². The van der Waals surface area contributed by atoms with Crippen LogP contribution in [0.3, 0.4) is 0 Å². The number of nitrogen functional groups attached to an aromatic ring is 2. The van der Waals surface area contributed by atoms with Gasteiger partial charge in [0.2, 0.25) is 23.7 Å². The number of nitrogens with two attached hydrogens (primary N) is 2. The van der Waals surface area contributed by atoms with Crippen molar-refractivity contribution in [2.75, 3.05) is 44.3 Å². The van der Waals surface area contributed by atoms with Crippen molar-refractivity contribution in [2.24, 2.45) is 10.9 Å². The van der Waals surface area contributed by atoms with Crippen molar-refractivity contribution in [1.82, 2.24) is 55.0 Å². The third kappa shape index (κ3) is 9.94. The number of hydrogen-bond acceptors (Lipinski definition) is 14. The van der Waals surface area contributed by atoms with Gasteiger partial charge in [0, 0.05) is 67.9 Å². The maximum atomic E-state index is 13.5. The topological polar surface area (TPSA) is 310 Å². The molecule has 5 heterocycles. The van der Waals surface area contributed by atoms with Gasteiger partial charge >= 0.3 is 5.90 Å². The van der Waals surface area contributed by atoms with E-state index < -0.39 is 16.7 Å². The fourth-order valence-corrected chi connectivity index (χ4v) is 9.24. The lowest BCUT2D eigenvalue weighted by Crippen LogP contribution is -2.54. The molecule has 3 aliphatic rings. The Kier molecular flexibility index (Phi) is 13.0. The molecule has 6 aromatic rings. The lowest BCUT2D eigenvalue weighted by atomic mass is 9.57. The number of morpholine rings is 1. The predicted octanol–water partition coefficient (Wildman–Crippen LogP) is 2.85. The molecule has 2 saturated carbocycles. The second kappa shape index (κ2) is 19.6. The number of benzene rings is 2. The summed E-state index contributed by atoms with van der Waals surface area (Å²) in [5.41, 5.74) is 15.8. The molecule has 0 unspecified atom stereocenters. The molecule has 1 aliphatic heterocycles. The van der Waals surface area contributed by atoms with Crippen LogP contribution in [-0.2, 0) is 38.2 Å². The molecule has 10 N–H and O–H groups in total. The van der Waals surface area contributed by atoms with Gasteiger partial charge in [0.05, 0.1) is 42.0 Å². The molecule has 3 fully saturated rings. The van der Waals surface area contributed by atoms with Crippen LogP contribution in [0.25, 0.3) is 22.3 Å². The van der Waals surface area contributed by atoms with Crippen molar-refractivity contribution in [1.29, 1.82) is 10.8 Å². The molecule has 3 amide bonds. The second-order valence-electron chi connectivity index (χ2n) is 17.7. The summed E-state index contributed by atoms with van der Waals surface area (Å²) in [7, 11) is 0. The van der Waals surface area contributed by atoms with Gasteiger partial charge in [0.1, 0.15) is 30.3 Å². The summed E-state index contributed by atoms with van der Waals surface area (Å²) >= 11 is 0. The van der Waals surface area contributed by atoms with Crippen LogP contribution in [0.1, 0.15) is 65.6 Å². The fourth-order valence-electron chi connectivity index (χ4n) is 9.24. The third-order valence-corrected chi connectivity index (χ3v) is 13.4. The van der Waals surface area contributed by atoms with E-state index in [1.807, 2.05) is 48.5 Å². The van der Waals surface area contributed by atoms with Crippen LogP contribution in [-0.4, -0.2) is 118 Å². The van der Waals surface area contributed by atoms with Gasteiger partial charge in [-0.05, 0) is 60.3 Å². The minimum absolute atomic E-state index is 0.0167. The van der Waals surface area contributed by atoms with Crippen LogP contribution < -0.4 is 22.1 Å². The number of carbonyl (C=O) groups is 3. The number of aliphatic imine (C=N–C) groups is 1. The first-order valence-corrected chi connectivity index (χ1v) is 22.7. The molecule has 4 aromatic heterocycles. The summed E-state index contributed by atoms with van der Waals surface area (Å²) in [5.74, 6) is -0.334. The smallest absolute Gasteiger partial charge is 0.369 e. The lowest BCUT2D eigenvalue weighted by Gasteiger charge is -2.48. The Morgan fingerprint density at radius 2 is 1.28 bits per heavy atom. The first-order valence-electron chi connectivity index (χ1n) is 22.7. The van der Waals surface area contributed by atoms with E-state index >= 15 is 0 Å². The first-order chi connectivity index (χ1) is 33.4. The average molecular weight is 934 g/mol. The highest BCUT2D eigenvalue weighted by atomic mass is 16.5. The number of rotatable bonds is 15. The van der Waals surface area contributed by atoms with Crippen LogP contribution >= 0.6 is 0 Å². The quantitative estimate of drug-likeness (QED) is 0.0492. The molecule has 0 radical (unpaired) electrons. The molecule has 354 valence electrons. The standard InChI is InChI=1S/C48H52N16O5/c49-43(47(11-1-12-47)37-6-2-31(3-7-37)33-20-54-45(51)55-21-33)60-41(67)35-24-58-63(26-35)28-39(65)53-13-10-30-18-48(19-30,38-8-4-32(5-9-38)34-22-56-46(52)57-23-34)44(50)61-42(68)36-25-59-64(27-36)29-40(66)62-14-16-69-17-15-62/h2-9,20-27,30H,1,10-19,28-29H2,(H,53,65)(H2,49,60,67)(H2,50,61,68)(H2,51,54,55)(H2,52,56,57)/p+1. The Hall–Kier alpha value is -8.20. The minimum atomic E-state index is -0.809. The molecule has 2 aromatic carbocycles. The number of amides is 3. The molecule has 9 rings (SSSR count). The number of anilines is 2. The molecular formula is C48H53N16O5+. The normalized spacial score (nSPS) is 18.6. The summed E-state index contributed by atoms with van der Waals surface area (Å²) in [4.78, 5) is 61.9. The maximum absolute atomic E-state index is 13.5. The van der Waals surface area contributed by atoms with Gasteiger partial charge in [-0.15, -0.1) is 4.99 Å². The number of carbonyl (C=O) groups excluding carboxylic acids is 3. The lowest BCUT2D eigenvalue weighted by molar-refractivity contribution is -0.136. The van der Waals surface area contributed by atoms with Gasteiger partial charge in [-0.2, -0.15) is 10.2 Å². The highest BCUT2D eigenvalue weighted by Crippen LogP contribution is 2.50. The Morgan fingerprint density at radius 1 is 0.739 bits per heavy atom. The van der Waals surface area contributed by atoms with Gasteiger partial charge in [-0.25, -0.2) is 19.9 Å². The molecular weight excluding hydrogens is 881 g/mol. The van der Waals surface area contributed by atoms with Crippen LogP contribution in [0.4, 0.5) is 11.9 Å². The largest absolute Gasteiger partial charge is 0.578 e. The maximum Gasteiger partial charge on any atom is 0.369 e. The van der Waals surface area contributed by atoms with Crippen LogP contribution in [0.5, 0.6) is 0 Å². The number of aromatic nitrogens is 8. The SMILES string of the molecule is N=C(N=C([OH2+])c1cnn(CC(=O)NCCC2CC(C(=N)NC(=O)c3cnn(CC(=O)N4CCOCC4)c3)(c3ccc(-c4cnc(N)nc4)cc3)C2)c1)C1(c2ccc(-c3cnc(N)nc3)cc2)CCC1. The molecule has 0 spiro atoms. The zero-order valence-electron chi connectivity index (χ0n) is 37.8.